The SMILES string of the molecule is CCCN1C(=O)C[C@@](C)(c2cccc(-c3cccnc3)c2)N=C1N. The lowest BCUT2D eigenvalue weighted by atomic mass is 9.86. The summed E-state index contributed by atoms with van der Waals surface area (Å²) < 4.78 is 0. The van der Waals surface area contributed by atoms with E-state index >= 15 is 0 Å². The number of carbonyl (C=O) groups excluding carboxylic acids is 1. The largest absolute Gasteiger partial charge is 0.369 e. The highest BCUT2D eigenvalue weighted by Gasteiger charge is 2.37. The maximum atomic E-state index is 12.5. The molecule has 0 radical (unpaired) electrons. The molecule has 1 atom stereocenters. The molecule has 1 aliphatic heterocycles. The Bertz CT molecular complexity index is 772. The molecule has 0 spiro atoms. The minimum absolute atomic E-state index is 0.0265. The van der Waals surface area contributed by atoms with Gasteiger partial charge in [-0.05, 0) is 42.2 Å². The Balaban J connectivity index is 1.98. The van der Waals surface area contributed by atoms with Gasteiger partial charge in [0.05, 0.1) is 12.0 Å². The quantitative estimate of drug-likeness (QED) is 0.940. The van der Waals surface area contributed by atoms with Crippen molar-refractivity contribution in [3.05, 3.63) is 54.4 Å². The van der Waals surface area contributed by atoms with Crippen molar-refractivity contribution in [3.63, 3.8) is 0 Å². The van der Waals surface area contributed by atoms with Crippen LogP contribution in [-0.4, -0.2) is 28.3 Å². The fraction of sp³-hybridized carbons (Fsp3) is 0.316. The Kier molecular flexibility index (Phi) is 4.34. The summed E-state index contributed by atoms with van der Waals surface area (Å²) in [5.74, 6) is 0.334. The van der Waals surface area contributed by atoms with E-state index in [2.05, 4.69) is 16.0 Å². The summed E-state index contributed by atoms with van der Waals surface area (Å²) in [5, 5.41) is 0. The number of benzene rings is 1. The number of aliphatic imine (C=N–C) groups is 1. The summed E-state index contributed by atoms with van der Waals surface area (Å²) >= 11 is 0. The summed E-state index contributed by atoms with van der Waals surface area (Å²) in [6.07, 6.45) is 4.76. The smallest absolute Gasteiger partial charge is 0.232 e. The molecule has 3 rings (SSSR count). The van der Waals surface area contributed by atoms with Gasteiger partial charge in [-0.2, -0.15) is 0 Å². The van der Waals surface area contributed by atoms with Gasteiger partial charge in [-0.3, -0.25) is 14.7 Å². The van der Waals surface area contributed by atoms with Gasteiger partial charge in [0.2, 0.25) is 5.91 Å². The molecule has 0 bridgehead atoms. The van der Waals surface area contributed by atoms with Crippen molar-refractivity contribution in [2.24, 2.45) is 10.7 Å². The lowest BCUT2D eigenvalue weighted by Crippen LogP contribution is -2.50. The first-order chi connectivity index (χ1) is 11.5. The number of rotatable bonds is 4. The molecule has 1 amide bonds. The van der Waals surface area contributed by atoms with E-state index in [4.69, 9.17) is 5.73 Å². The minimum Gasteiger partial charge on any atom is -0.369 e. The molecule has 0 saturated heterocycles. The number of amides is 1. The van der Waals surface area contributed by atoms with Gasteiger partial charge in [0.1, 0.15) is 0 Å². The van der Waals surface area contributed by atoms with Crippen LogP contribution in [0.1, 0.15) is 32.3 Å². The molecule has 5 nitrogen and oxygen atoms in total. The first-order valence-electron chi connectivity index (χ1n) is 8.20. The number of carbonyl (C=O) groups is 1. The molecule has 1 aromatic heterocycles. The van der Waals surface area contributed by atoms with E-state index in [1.165, 1.54) is 0 Å². The van der Waals surface area contributed by atoms with Gasteiger partial charge in [-0.25, -0.2) is 4.99 Å². The van der Waals surface area contributed by atoms with Crippen LogP contribution in [0, 0.1) is 0 Å². The zero-order valence-corrected chi connectivity index (χ0v) is 14.1. The molecule has 2 aromatic rings. The van der Waals surface area contributed by atoms with E-state index in [1.54, 1.807) is 11.1 Å². The maximum Gasteiger partial charge on any atom is 0.232 e. The van der Waals surface area contributed by atoms with Crippen molar-refractivity contribution >= 4 is 11.9 Å². The molecule has 0 saturated carbocycles. The second kappa shape index (κ2) is 6.43. The van der Waals surface area contributed by atoms with E-state index in [0.29, 0.717) is 18.9 Å². The minimum atomic E-state index is -0.635. The highest BCUT2D eigenvalue weighted by atomic mass is 16.2. The van der Waals surface area contributed by atoms with Gasteiger partial charge < -0.3 is 5.73 Å². The number of nitrogens with two attached hydrogens (primary N) is 1. The molecule has 5 heteroatoms. The average molecular weight is 322 g/mol. The van der Waals surface area contributed by atoms with Gasteiger partial charge in [-0.1, -0.05) is 31.2 Å². The van der Waals surface area contributed by atoms with Crippen LogP contribution in [0.2, 0.25) is 0 Å². The monoisotopic (exact) mass is 322 g/mol. The van der Waals surface area contributed by atoms with Crippen LogP contribution in [0.25, 0.3) is 11.1 Å². The van der Waals surface area contributed by atoms with Crippen LogP contribution in [-0.2, 0) is 10.3 Å². The summed E-state index contributed by atoms with van der Waals surface area (Å²) in [7, 11) is 0. The standard InChI is InChI=1S/C19H22N4O/c1-3-10-23-17(24)12-19(2,22-18(23)20)16-8-4-6-14(11-16)15-7-5-9-21-13-15/h4-9,11,13H,3,10,12H2,1-2H3,(H2,20,22)/t19-/m0/s1. The second-order valence-corrected chi connectivity index (χ2v) is 6.29. The molecule has 2 heterocycles. The highest BCUT2D eigenvalue weighted by Crippen LogP contribution is 2.35. The zero-order valence-electron chi connectivity index (χ0n) is 14.1. The molecular formula is C19H22N4O. The predicted molar refractivity (Wildman–Crippen MR) is 95.3 cm³/mol. The first kappa shape index (κ1) is 16.2. The third kappa shape index (κ3) is 3.02. The van der Waals surface area contributed by atoms with Crippen molar-refractivity contribution in [1.82, 2.24) is 9.88 Å². The molecule has 0 fully saturated rings. The number of hydrogen-bond donors (Lipinski definition) is 1. The lowest BCUT2D eigenvalue weighted by Gasteiger charge is -2.35. The Morgan fingerprint density at radius 3 is 2.71 bits per heavy atom. The van der Waals surface area contributed by atoms with Crippen molar-refractivity contribution in [3.8, 4) is 11.1 Å². The van der Waals surface area contributed by atoms with Crippen LogP contribution in [0.3, 0.4) is 0 Å². The average Bonchev–Trinajstić information content (AvgIpc) is 2.59. The first-order valence-corrected chi connectivity index (χ1v) is 8.20. The molecule has 0 unspecified atom stereocenters. The maximum absolute atomic E-state index is 12.5. The Hall–Kier alpha value is -2.69. The van der Waals surface area contributed by atoms with E-state index in [1.807, 2.05) is 50.4 Å². The molecular weight excluding hydrogens is 300 g/mol. The fourth-order valence-electron chi connectivity index (χ4n) is 3.07. The van der Waals surface area contributed by atoms with Crippen LogP contribution in [0.15, 0.2) is 53.8 Å². The number of aromatic nitrogens is 1. The van der Waals surface area contributed by atoms with Crippen LogP contribution in [0.5, 0.6) is 0 Å². The third-order valence-electron chi connectivity index (χ3n) is 4.36. The van der Waals surface area contributed by atoms with Gasteiger partial charge in [-0.15, -0.1) is 0 Å². The lowest BCUT2D eigenvalue weighted by molar-refractivity contribution is -0.129. The zero-order chi connectivity index (χ0) is 17.2. The molecule has 24 heavy (non-hydrogen) atoms. The van der Waals surface area contributed by atoms with Gasteiger partial charge in [0, 0.05) is 18.9 Å². The number of hydrogen-bond acceptors (Lipinski definition) is 4. The number of pyridine rings is 1. The Morgan fingerprint density at radius 1 is 1.25 bits per heavy atom. The van der Waals surface area contributed by atoms with E-state index in [0.717, 1.165) is 23.1 Å². The van der Waals surface area contributed by atoms with Crippen molar-refractivity contribution in [2.45, 2.75) is 32.2 Å². The van der Waals surface area contributed by atoms with E-state index in [9.17, 15) is 4.79 Å². The fourth-order valence-corrected chi connectivity index (χ4v) is 3.07. The van der Waals surface area contributed by atoms with Crippen LogP contribution >= 0.6 is 0 Å². The normalized spacial score (nSPS) is 20.8. The van der Waals surface area contributed by atoms with Crippen LogP contribution < -0.4 is 5.73 Å². The van der Waals surface area contributed by atoms with Crippen molar-refractivity contribution in [2.75, 3.05) is 6.54 Å². The molecule has 1 aromatic carbocycles. The second-order valence-electron chi connectivity index (χ2n) is 6.29. The number of guanidine groups is 1. The summed E-state index contributed by atoms with van der Waals surface area (Å²) in [4.78, 5) is 22.9. The van der Waals surface area contributed by atoms with Gasteiger partial charge >= 0.3 is 0 Å². The van der Waals surface area contributed by atoms with Crippen molar-refractivity contribution < 1.29 is 4.79 Å². The third-order valence-corrected chi connectivity index (χ3v) is 4.36. The van der Waals surface area contributed by atoms with E-state index in [-0.39, 0.29) is 5.91 Å². The summed E-state index contributed by atoms with van der Waals surface area (Å²) in [6, 6.07) is 12.0. The Morgan fingerprint density at radius 2 is 2.04 bits per heavy atom. The van der Waals surface area contributed by atoms with Gasteiger partial charge in [0.15, 0.2) is 5.96 Å². The summed E-state index contributed by atoms with van der Waals surface area (Å²) in [6.45, 7) is 4.59. The molecule has 0 aliphatic carbocycles. The Labute approximate surface area is 142 Å². The predicted octanol–water partition coefficient (Wildman–Crippen LogP) is 2.92. The van der Waals surface area contributed by atoms with E-state index < -0.39 is 5.54 Å². The number of nitrogens with zero attached hydrogens (tertiary/aromatic N) is 3. The molecule has 1 aliphatic rings. The van der Waals surface area contributed by atoms with Gasteiger partial charge in [0.25, 0.3) is 0 Å². The highest BCUT2D eigenvalue weighted by molar-refractivity contribution is 5.99. The molecule has 2 N–H and O–H groups in total. The molecule has 124 valence electrons. The summed E-state index contributed by atoms with van der Waals surface area (Å²) in [5.41, 5.74) is 8.50. The van der Waals surface area contributed by atoms with Crippen LogP contribution in [0.4, 0.5) is 0 Å². The topological polar surface area (TPSA) is 71.6 Å². The van der Waals surface area contributed by atoms with Crippen molar-refractivity contribution in [1.29, 1.82) is 0 Å².